The number of carbonyl (C=O) groups is 2. The fourth-order valence-corrected chi connectivity index (χ4v) is 4.08. The van der Waals surface area contributed by atoms with Crippen LogP contribution < -0.4 is 14.5 Å². The molecule has 2 saturated heterocycles. The van der Waals surface area contributed by atoms with E-state index < -0.39 is 0 Å². The maximum Gasteiger partial charge on any atom is 0.228 e. The van der Waals surface area contributed by atoms with Crippen molar-refractivity contribution in [3.05, 3.63) is 41.2 Å². The molecule has 2 aliphatic rings. The molecule has 1 aromatic carbocycles. The summed E-state index contributed by atoms with van der Waals surface area (Å²) in [5.41, 5.74) is 0.776. The van der Waals surface area contributed by atoms with Gasteiger partial charge in [0.05, 0.1) is 13.0 Å². The van der Waals surface area contributed by atoms with E-state index in [0.717, 1.165) is 11.5 Å². The molecule has 1 atom stereocenters. The Hall–Kier alpha value is -2.87. The van der Waals surface area contributed by atoms with Crippen LogP contribution in [0.4, 0.5) is 11.5 Å². The van der Waals surface area contributed by atoms with Crippen LogP contribution in [0.1, 0.15) is 12.2 Å². The number of benzene rings is 1. The summed E-state index contributed by atoms with van der Waals surface area (Å²) in [5, 5.41) is 0.618. The lowest BCUT2D eigenvalue weighted by molar-refractivity contribution is -0.136. The number of ether oxygens (including phenoxy) is 1. The number of hydrogen-bond donors (Lipinski definition) is 0. The summed E-state index contributed by atoms with van der Waals surface area (Å²) >= 11 is 5.93. The first-order valence-electron chi connectivity index (χ1n) is 9.94. The van der Waals surface area contributed by atoms with Gasteiger partial charge in [0.15, 0.2) is 0 Å². The Labute approximate surface area is 180 Å². The molecule has 0 N–H and O–H groups in total. The molecular weight excluding hydrogens is 406 g/mol. The zero-order valence-electron chi connectivity index (χ0n) is 17.0. The van der Waals surface area contributed by atoms with E-state index in [-0.39, 0.29) is 24.2 Å². The van der Waals surface area contributed by atoms with E-state index in [1.807, 2.05) is 30.0 Å². The van der Waals surface area contributed by atoms with Crippen molar-refractivity contribution in [2.75, 3.05) is 49.6 Å². The van der Waals surface area contributed by atoms with Crippen LogP contribution in [0, 0.1) is 12.8 Å². The maximum atomic E-state index is 13.0. The molecule has 4 rings (SSSR count). The molecule has 0 aliphatic carbocycles. The van der Waals surface area contributed by atoms with Crippen molar-refractivity contribution in [3.63, 3.8) is 0 Å². The van der Waals surface area contributed by atoms with Crippen LogP contribution in [0.15, 0.2) is 30.3 Å². The van der Waals surface area contributed by atoms with Crippen molar-refractivity contribution < 1.29 is 14.3 Å². The Morgan fingerprint density at radius 2 is 1.83 bits per heavy atom. The van der Waals surface area contributed by atoms with E-state index >= 15 is 0 Å². The lowest BCUT2D eigenvalue weighted by Gasteiger charge is -2.36. The number of amides is 2. The van der Waals surface area contributed by atoms with Crippen molar-refractivity contribution >= 4 is 34.9 Å². The summed E-state index contributed by atoms with van der Waals surface area (Å²) in [6.45, 7) is 4.77. The largest absolute Gasteiger partial charge is 0.481 e. The summed E-state index contributed by atoms with van der Waals surface area (Å²) in [6, 6.07) is 8.93. The third-order valence-electron chi connectivity index (χ3n) is 5.54. The molecule has 1 unspecified atom stereocenters. The van der Waals surface area contributed by atoms with E-state index in [4.69, 9.17) is 16.3 Å². The summed E-state index contributed by atoms with van der Waals surface area (Å²) in [4.78, 5) is 39.9. The van der Waals surface area contributed by atoms with Crippen molar-refractivity contribution in [1.29, 1.82) is 0 Å². The van der Waals surface area contributed by atoms with Gasteiger partial charge in [0, 0.05) is 55.9 Å². The van der Waals surface area contributed by atoms with Crippen LogP contribution in [0.25, 0.3) is 0 Å². The monoisotopic (exact) mass is 429 g/mol. The molecule has 2 aromatic rings. The summed E-state index contributed by atoms with van der Waals surface area (Å²) in [7, 11) is 1.58. The number of aryl methyl sites for hydroxylation is 1. The number of carbonyl (C=O) groups excluding carboxylic acids is 2. The smallest absolute Gasteiger partial charge is 0.228 e. The first-order chi connectivity index (χ1) is 14.4. The lowest BCUT2D eigenvalue weighted by Crippen LogP contribution is -2.51. The van der Waals surface area contributed by atoms with E-state index in [2.05, 4.69) is 14.9 Å². The first kappa shape index (κ1) is 20.4. The van der Waals surface area contributed by atoms with Gasteiger partial charge in [0.25, 0.3) is 0 Å². The van der Waals surface area contributed by atoms with E-state index in [1.54, 1.807) is 24.1 Å². The molecule has 30 heavy (non-hydrogen) atoms. The van der Waals surface area contributed by atoms with E-state index in [9.17, 15) is 9.59 Å². The van der Waals surface area contributed by atoms with Gasteiger partial charge < -0.3 is 19.4 Å². The van der Waals surface area contributed by atoms with E-state index in [0.29, 0.717) is 49.5 Å². The number of anilines is 2. The fourth-order valence-electron chi connectivity index (χ4n) is 3.95. The van der Waals surface area contributed by atoms with Gasteiger partial charge in [0.2, 0.25) is 17.7 Å². The van der Waals surface area contributed by atoms with Crippen LogP contribution in [0.3, 0.4) is 0 Å². The molecule has 0 saturated carbocycles. The molecule has 1 aromatic heterocycles. The van der Waals surface area contributed by atoms with Crippen LogP contribution >= 0.6 is 11.6 Å². The molecular formula is C21H24ClN5O3. The van der Waals surface area contributed by atoms with Gasteiger partial charge in [-0.05, 0) is 31.2 Å². The van der Waals surface area contributed by atoms with Gasteiger partial charge in [-0.15, -0.1) is 0 Å². The summed E-state index contributed by atoms with van der Waals surface area (Å²) in [5.74, 6) is 1.67. The third-order valence-corrected chi connectivity index (χ3v) is 5.79. The average molecular weight is 430 g/mol. The normalized spacial score (nSPS) is 19.4. The molecule has 0 spiro atoms. The van der Waals surface area contributed by atoms with Crippen molar-refractivity contribution in [1.82, 2.24) is 14.9 Å². The average Bonchev–Trinajstić information content (AvgIpc) is 3.15. The van der Waals surface area contributed by atoms with Crippen LogP contribution in [-0.4, -0.2) is 66.5 Å². The minimum absolute atomic E-state index is 0.0298. The van der Waals surface area contributed by atoms with Crippen LogP contribution in [0.2, 0.25) is 5.02 Å². The molecule has 9 heteroatoms. The molecule has 0 bridgehead atoms. The number of methoxy groups -OCH3 is 1. The summed E-state index contributed by atoms with van der Waals surface area (Å²) < 4.78 is 5.23. The Balaban J connectivity index is 1.37. The highest BCUT2D eigenvalue weighted by Crippen LogP contribution is 2.28. The molecule has 0 radical (unpaired) electrons. The molecule has 2 aliphatic heterocycles. The van der Waals surface area contributed by atoms with Gasteiger partial charge in [-0.25, -0.2) is 4.98 Å². The number of piperazine rings is 1. The van der Waals surface area contributed by atoms with Crippen LogP contribution in [0.5, 0.6) is 5.88 Å². The maximum absolute atomic E-state index is 13.0. The van der Waals surface area contributed by atoms with Gasteiger partial charge >= 0.3 is 0 Å². The molecule has 2 amide bonds. The number of nitrogens with zero attached hydrogens (tertiary/aromatic N) is 5. The van der Waals surface area contributed by atoms with E-state index in [1.165, 1.54) is 0 Å². The van der Waals surface area contributed by atoms with Gasteiger partial charge in [-0.3, -0.25) is 9.59 Å². The zero-order valence-corrected chi connectivity index (χ0v) is 17.8. The lowest BCUT2D eigenvalue weighted by atomic mass is 10.1. The predicted molar refractivity (Wildman–Crippen MR) is 114 cm³/mol. The van der Waals surface area contributed by atoms with Crippen molar-refractivity contribution in [2.45, 2.75) is 13.3 Å². The molecule has 3 heterocycles. The Kier molecular flexibility index (Phi) is 5.76. The molecule has 8 nitrogen and oxygen atoms in total. The quantitative estimate of drug-likeness (QED) is 0.741. The highest BCUT2D eigenvalue weighted by Gasteiger charge is 2.38. The van der Waals surface area contributed by atoms with Crippen LogP contribution in [-0.2, 0) is 9.59 Å². The Bertz CT molecular complexity index is 944. The highest BCUT2D eigenvalue weighted by atomic mass is 35.5. The number of rotatable bonds is 4. The number of halogens is 1. The van der Waals surface area contributed by atoms with Crippen molar-refractivity contribution in [3.8, 4) is 5.88 Å². The predicted octanol–water partition coefficient (Wildman–Crippen LogP) is 2.15. The van der Waals surface area contributed by atoms with Gasteiger partial charge in [0.1, 0.15) is 11.6 Å². The molecule has 2 fully saturated rings. The fraction of sp³-hybridized carbons (Fsp3) is 0.429. The summed E-state index contributed by atoms with van der Waals surface area (Å²) in [6.07, 6.45) is 0.240. The topological polar surface area (TPSA) is 78.9 Å². The minimum atomic E-state index is -0.318. The Morgan fingerprint density at radius 1 is 1.13 bits per heavy atom. The number of aromatic nitrogens is 2. The second kappa shape index (κ2) is 8.47. The second-order valence-electron chi connectivity index (χ2n) is 7.51. The number of hydrogen-bond acceptors (Lipinski definition) is 6. The minimum Gasteiger partial charge on any atom is -0.481 e. The highest BCUT2D eigenvalue weighted by molar-refractivity contribution is 6.30. The first-order valence-corrected chi connectivity index (χ1v) is 10.3. The zero-order chi connectivity index (χ0) is 21.3. The standard InChI is InChI=1S/C21H24ClN5O3/c1-14-23-18(12-19(24-14)30-2)25-7-9-26(10-8-25)21(29)15-11-20(28)27(13-15)17-5-3-16(22)4-6-17/h3-6,12,15H,7-11,13H2,1-2H3. The van der Waals surface area contributed by atoms with Gasteiger partial charge in [-0.1, -0.05) is 11.6 Å². The molecule has 158 valence electrons. The third kappa shape index (κ3) is 4.18. The van der Waals surface area contributed by atoms with Crippen molar-refractivity contribution in [2.24, 2.45) is 5.92 Å². The second-order valence-corrected chi connectivity index (χ2v) is 7.95. The SMILES string of the molecule is COc1cc(N2CCN(C(=O)C3CC(=O)N(c4ccc(Cl)cc4)C3)CC2)nc(C)n1. The Morgan fingerprint density at radius 3 is 2.50 bits per heavy atom. The van der Waals surface area contributed by atoms with Gasteiger partial charge in [-0.2, -0.15) is 4.98 Å².